The van der Waals surface area contributed by atoms with Gasteiger partial charge in [0.05, 0.1) is 24.5 Å². The first kappa shape index (κ1) is 25.2. The minimum absolute atomic E-state index is 0. The maximum Gasteiger partial charge on any atom is 2.00 e. The third-order valence-corrected chi connectivity index (χ3v) is 2.14. The number of carbonyl (C=O) groups is 4. The zero-order chi connectivity index (χ0) is 16.9. The van der Waals surface area contributed by atoms with Crippen molar-refractivity contribution in [2.24, 2.45) is 0 Å². The molecule has 0 aliphatic rings. The molecule has 0 atom stereocenters. The largest absolute Gasteiger partial charge is 2.00 e. The van der Waals surface area contributed by atoms with E-state index in [1.165, 1.54) is 0 Å². The van der Waals surface area contributed by atoms with Crippen molar-refractivity contribution in [3.63, 3.8) is 0 Å². The maximum atomic E-state index is 10.1. The second-order valence-electron chi connectivity index (χ2n) is 3.48. The van der Waals surface area contributed by atoms with Gasteiger partial charge in [-0.05, 0) is 12.1 Å². The van der Waals surface area contributed by atoms with Gasteiger partial charge in [0.1, 0.15) is 11.9 Å². The Hall–Kier alpha value is -1.04. The summed E-state index contributed by atoms with van der Waals surface area (Å²) in [5.74, 6) is -7.98. The molecule has 116 valence electrons. The van der Waals surface area contributed by atoms with Gasteiger partial charge < -0.3 is 48.4 Å². The van der Waals surface area contributed by atoms with Gasteiger partial charge in [0, 0.05) is 11.1 Å². The normalized spacial score (nSPS) is 8.67. The van der Waals surface area contributed by atoms with Gasteiger partial charge in [-0.15, -0.1) is 0 Å². The van der Waals surface area contributed by atoms with Crippen LogP contribution < -0.4 is 20.4 Å². The minimum atomic E-state index is -1.67. The van der Waals surface area contributed by atoms with Gasteiger partial charge in [-0.3, -0.25) is 0 Å². The third-order valence-electron chi connectivity index (χ3n) is 2.14. The molecule has 0 aliphatic carbocycles. The standard InChI is InChI=1S/2C6H4O5.2Ca/c2*7-5(8)3-1-2-11-4(3)6(9)10;;/h2*1-2H,(H,7,8)(H,9,10);;/q;;2*+2/p-4. The Morgan fingerprint density at radius 1 is 0.625 bits per heavy atom. The second-order valence-corrected chi connectivity index (χ2v) is 3.48. The van der Waals surface area contributed by atoms with Gasteiger partial charge in [-0.25, -0.2) is 0 Å². The molecule has 2 aromatic heterocycles. The average Bonchev–Trinajstić information content (AvgIpc) is 3.08. The average molecular weight is 388 g/mol. The molecule has 2 heterocycles. The van der Waals surface area contributed by atoms with E-state index in [1.54, 1.807) is 0 Å². The fourth-order valence-corrected chi connectivity index (χ4v) is 1.26. The Morgan fingerprint density at radius 3 is 1.08 bits per heavy atom. The van der Waals surface area contributed by atoms with Crippen LogP contribution in [0, 0.1) is 0 Å². The Labute approximate surface area is 193 Å². The van der Waals surface area contributed by atoms with Crippen LogP contribution in [0.25, 0.3) is 0 Å². The molecule has 0 bridgehead atoms. The van der Waals surface area contributed by atoms with Crippen molar-refractivity contribution in [3.8, 4) is 0 Å². The van der Waals surface area contributed by atoms with Crippen LogP contribution in [0.1, 0.15) is 41.8 Å². The molecule has 2 rings (SSSR count). The van der Waals surface area contributed by atoms with Crippen LogP contribution >= 0.6 is 0 Å². The number of carboxylic acid groups (broad SMARTS) is 4. The molecule has 0 amide bonds. The van der Waals surface area contributed by atoms with Gasteiger partial charge in [-0.2, -0.15) is 0 Å². The number of hydrogen-bond donors (Lipinski definition) is 0. The summed E-state index contributed by atoms with van der Waals surface area (Å²) >= 11 is 0. The van der Waals surface area contributed by atoms with Crippen molar-refractivity contribution in [1.29, 1.82) is 0 Å². The fourth-order valence-electron chi connectivity index (χ4n) is 1.26. The summed E-state index contributed by atoms with van der Waals surface area (Å²) in [6, 6.07) is 1.97. The number of aromatic carboxylic acids is 4. The summed E-state index contributed by atoms with van der Waals surface area (Å²) in [6.07, 6.45) is 1.88. The first-order chi connectivity index (χ1) is 10.3. The third kappa shape index (κ3) is 6.83. The van der Waals surface area contributed by atoms with E-state index in [9.17, 15) is 39.6 Å². The van der Waals surface area contributed by atoms with E-state index in [4.69, 9.17) is 0 Å². The summed E-state index contributed by atoms with van der Waals surface area (Å²) in [5, 5.41) is 40.4. The zero-order valence-electron chi connectivity index (χ0n) is 11.8. The van der Waals surface area contributed by atoms with Crippen LogP contribution in [0.4, 0.5) is 0 Å². The van der Waals surface area contributed by atoms with Crippen molar-refractivity contribution in [1.82, 2.24) is 0 Å². The van der Waals surface area contributed by atoms with Gasteiger partial charge in [-0.1, -0.05) is 0 Å². The Morgan fingerprint density at radius 2 is 0.917 bits per heavy atom. The minimum Gasteiger partial charge on any atom is -0.545 e. The molecule has 0 aromatic carbocycles. The molecule has 0 radical (unpaired) electrons. The Bertz CT molecular complexity index is 611. The summed E-state index contributed by atoms with van der Waals surface area (Å²) in [4.78, 5) is 40.4. The first-order valence-corrected chi connectivity index (χ1v) is 5.26. The van der Waals surface area contributed by atoms with Crippen molar-refractivity contribution >= 4 is 99.4 Å². The van der Waals surface area contributed by atoms with Crippen LogP contribution in [-0.2, 0) is 0 Å². The van der Waals surface area contributed by atoms with E-state index in [1.807, 2.05) is 0 Å². The Kier molecular flexibility index (Phi) is 12.1. The second kappa shape index (κ2) is 11.5. The van der Waals surface area contributed by atoms with E-state index in [0.29, 0.717) is 0 Å². The molecule has 2 aromatic rings. The summed E-state index contributed by atoms with van der Waals surface area (Å²) in [5.41, 5.74) is -1.02. The van der Waals surface area contributed by atoms with Crippen LogP contribution in [0.15, 0.2) is 33.5 Å². The maximum absolute atomic E-state index is 10.1. The van der Waals surface area contributed by atoms with Crippen molar-refractivity contribution < 1.29 is 48.4 Å². The van der Waals surface area contributed by atoms with Crippen LogP contribution in [0.2, 0.25) is 0 Å². The summed E-state index contributed by atoms with van der Waals surface area (Å²) in [6.45, 7) is 0. The quantitative estimate of drug-likeness (QED) is 0.460. The molecular formula is C12H4Ca2O10. The summed E-state index contributed by atoms with van der Waals surface area (Å²) in [7, 11) is 0. The molecule has 12 heteroatoms. The molecule has 0 aliphatic heterocycles. The summed E-state index contributed by atoms with van der Waals surface area (Å²) < 4.78 is 8.61. The zero-order valence-corrected chi connectivity index (χ0v) is 16.2. The number of hydrogen-bond acceptors (Lipinski definition) is 10. The SMILES string of the molecule is O=C([O-])c1ccoc1C(=O)[O-].O=C([O-])c1ccoc1C(=O)[O-].[Ca+2].[Ca+2]. The van der Waals surface area contributed by atoms with E-state index in [0.717, 1.165) is 24.7 Å². The number of furan rings is 2. The molecule has 0 unspecified atom stereocenters. The Balaban J connectivity index is 0. The number of carboxylic acids is 4. The van der Waals surface area contributed by atoms with Crippen LogP contribution in [0.3, 0.4) is 0 Å². The van der Waals surface area contributed by atoms with Gasteiger partial charge in [0.2, 0.25) is 0 Å². The number of carbonyl (C=O) groups excluding carboxylic acids is 4. The first-order valence-electron chi connectivity index (χ1n) is 5.26. The van der Waals surface area contributed by atoms with Crippen LogP contribution in [0.5, 0.6) is 0 Å². The fraction of sp³-hybridized carbons (Fsp3) is 0. The van der Waals surface area contributed by atoms with E-state index >= 15 is 0 Å². The van der Waals surface area contributed by atoms with Gasteiger partial charge in [0.15, 0.2) is 11.5 Å². The van der Waals surface area contributed by atoms with E-state index < -0.39 is 46.5 Å². The molecule has 10 nitrogen and oxygen atoms in total. The van der Waals surface area contributed by atoms with Crippen molar-refractivity contribution in [3.05, 3.63) is 47.3 Å². The van der Waals surface area contributed by atoms with Crippen molar-refractivity contribution in [2.75, 3.05) is 0 Å². The molecule has 0 N–H and O–H groups in total. The van der Waals surface area contributed by atoms with E-state index in [-0.39, 0.29) is 75.5 Å². The number of rotatable bonds is 4. The van der Waals surface area contributed by atoms with E-state index in [2.05, 4.69) is 8.83 Å². The predicted molar refractivity (Wildman–Crippen MR) is 66.2 cm³/mol. The molecular weight excluding hydrogens is 384 g/mol. The smallest absolute Gasteiger partial charge is 0.545 e. The van der Waals surface area contributed by atoms with Gasteiger partial charge >= 0.3 is 75.5 Å². The molecule has 24 heavy (non-hydrogen) atoms. The van der Waals surface area contributed by atoms with Crippen LogP contribution in [-0.4, -0.2) is 99.4 Å². The molecule has 0 spiro atoms. The molecule has 0 saturated carbocycles. The topological polar surface area (TPSA) is 187 Å². The monoisotopic (exact) mass is 388 g/mol. The molecule has 0 saturated heterocycles. The predicted octanol–water partition coefficient (Wildman–Crippen LogP) is -4.75. The van der Waals surface area contributed by atoms with Gasteiger partial charge in [0.25, 0.3) is 0 Å². The molecule has 0 fully saturated rings. The van der Waals surface area contributed by atoms with Crippen molar-refractivity contribution in [2.45, 2.75) is 0 Å².